The minimum atomic E-state index is -0.310. The molecular weight excluding hydrogens is 669 g/mol. The lowest BCUT2D eigenvalue weighted by atomic mass is 9.74. The summed E-state index contributed by atoms with van der Waals surface area (Å²) >= 11 is 0. The van der Waals surface area contributed by atoms with Crippen LogP contribution in [0.4, 0.5) is 0 Å². The first kappa shape index (κ1) is 31.4. The minimum Gasteiger partial charge on any atom is -0.456 e. The van der Waals surface area contributed by atoms with Crippen molar-refractivity contribution < 1.29 is 4.42 Å². The maximum Gasteiger partial charge on any atom is 0.160 e. The highest BCUT2D eigenvalue weighted by atomic mass is 16.3. The van der Waals surface area contributed by atoms with Gasteiger partial charge in [-0.05, 0) is 99.1 Å². The van der Waals surface area contributed by atoms with Gasteiger partial charge in [0, 0.05) is 32.9 Å². The van der Waals surface area contributed by atoms with E-state index in [-0.39, 0.29) is 5.41 Å². The van der Waals surface area contributed by atoms with Gasteiger partial charge in [-0.1, -0.05) is 146 Å². The number of nitrogens with zero attached hydrogens (tertiary/aromatic N) is 2. The fourth-order valence-electron chi connectivity index (χ4n) is 8.70. The molecule has 2 heterocycles. The summed E-state index contributed by atoms with van der Waals surface area (Å²) in [5, 5.41) is 4.60. The van der Waals surface area contributed by atoms with E-state index < -0.39 is 0 Å². The van der Waals surface area contributed by atoms with Crippen molar-refractivity contribution in [3.63, 3.8) is 0 Å². The zero-order chi connectivity index (χ0) is 36.5. The molecule has 11 rings (SSSR count). The van der Waals surface area contributed by atoms with E-state index in [1.54, 1.807) is 0 Å². The number of aromatic nitrogens is 2. The number of rotatable bonds is 5. The molecule has 10 aromatic rings. The second kappa shape index (κ2) is 12.2. The van der Waals surface area contributed by atoms with Crippen LogP contribution in [-0.4, -0.2) is 9.97 Å². The molecule has 258 valence electrons. The lowest BCUT2D eigenvalue weighted by Gasteiger charge is -2.28. The molecule has 0 amide bonds. The summed E-state index contributed by atoms with van der Waals surface area (Å²) in [5.41, 5.74) is 14.9. The van der Waals surface area contributed by atoms with Gasteiger partial charge in [-0.15, -0.1) is 0 Å². The number of para-hydroxylation sites is 1. The van der Waals surface area contributed by atoms with E-state index in [9.17, 15) is 0 Å². The van der Waals surface area contributed by atoms with Crippen molar-refractivity contribution in [2.75, 3.05) is 0 Å². The first-order chi connectivity index (χ1) is 27.1. The summed E-state index contributed by atoms with van der Waals surface area (Å²) in [6.45, 7) is 2.36. The van der Waals surface area contributed by atoms with Gasteiger partial charge < -0.3 is 4.42 Å². The highest BCUT2D eigenvalue weighted by Crippen LogP contribution is 2.53. The molecule has 1 unspecified atom stereocenters. The van der Waals surface area contributed by atoms with E-state index in [1.165, 1.54) is 33.2 Å². The SMILES string of the molecule is CC1(c2ccccc2)c2ccccc2-c2ccc(-c3cc(-c4cccc(-c5ccc6c(c5)oc5ccccc56)c4)nc(-c4ccc5ccccc5c4)n3)cc21. The molecular formula is C52H34N2O. The van der Waals surface area contributed by atoms with Gasteiger partial charge in [0.15, 0.2) is 5.82 Å². The van der Waals surface area contributed by atoms with Crippen molar-refractivity contribution in [3.05, 3.63) is 205 Å². The number of furan rings is 1. The summed E-state index contributed by atoms with van der Waals surface area (Å²) in [4.78, 5) is 10.6. The van der Waals surface area contributed by atoms with Gasteiger partial charge in [0.05, 0.1) is 11.4 Å². The lowest BCUT2D eigenvalue weighted by molar-refractivity contribution is 0.669. The second-order valence-electron chi connectivity index (χ2n) is 14.7. The smallest absolute Gasteiger partial charge is 0.160 e. The molecule has 1 atom stereocenters. The van der Waals surface area contributed by atoms with Gasteiger partial charge >= 0.3 is 0 Å². The van der Waals surface area contributed by atoms with E-state index in [4.69, 9.17) is 14.4 Å². The maximum atomic E-state index is 6.26. The van der Waals surface area contributed by atoms with Crippen molar-refractivity contribution in [1.82, 2.24) is 9.97 Å². The number of hydrogen-bond donors (Lipinski definition) is 0. The lowest BCUT2D eigenvalue weighted by Crippen LogP contribution is -2.22. The molecule has 2 aromatic heterocycles. The van der Waals surface area contributed by atoms with Crippen LogP contribution in [-0.2, 0) is 5.41 Å². The quantitative estimate of drug-likeness (QED) is 0.179. The third-order valence-corrected chi connectivity index (χ3v) is 11.6. The van der Waals surface area contributed by atoms with Crippen LogP contribution in [0.5, 0.6) is 0 Å². The van der Waals surface area contributed by atoms with Crippen LogP contribution in [0.2, 0.25) is 0 Å². The molecule has 3 heteroatoms. The number of hydrogen-bond acceptors (Lipinski definition) is 3. The van der Waals surface area contributed by atoms with Crippen molar-refractivity contribution >= 4 is 32.7 Å². The molecule has 0 bridgehead atoms. The highest BCUT2D eigenvalue weighted by Gasteiger charge is 2.40. The average molecular weight is 703 g/mol. The summed E-state index contributed by atoms with van der Waals surface area (Å²) in [5.74, 6) is 0.696. The maximum absolute atomic E-state index is 6.26. The Morgan fingerprint density at radius 2 is 1.05 bits per heavy atom. The van der Waals surface area contributed by atoms with Gasteiger partial charge in [0.2, 0.25) is 0 Å². The molecule has 0 spiro atoms. The standard InChI is InChI=1S/C52H34N2O/c1-52(40-16-3-2-4-17-40)45-20-9-7-18-41(45)42-26-25-38(30-46(42)52)48-32-47(53-51(54-48)39-23-22-33-12-5-6-13-34(33)29-39)37-15-11-14-35(28-37)36-24-27-44-43-19-8-10-21-49(43)55-50(44)31-36/h2-32H,1H3. The molecule has 1 aliphatic rings. The molecule has 0 fully saturated rings. The monoisotopic (exact) mass is 702 g/mol. The molecule has 0 N–H and O–H groups in total. The Labute approximate surface area is 319 Å². The van der Waals surface area contributed by atoms with Crippen molar-refractivity contribution in [2.24, 2.45) is 0 Å². The topological polar surface area (TPSA) is 38.9 Å². The third-order valence-electron chi connectivity index (χ3n) is 11.6. The Morgan fingerprint density at radius 3 is 1.95 bits per heavy atom. The van der Waals surface area contributed by atoms with Crippen LogP contribution in [0, 0.1) is 0 Å². The van der Waals surface area contributed by atoms with E-state index in [0.717, 1.165) is 66.5 Å². The van der Waals surface area contributed by atoms with Gasteiger partial charge in [-0.3, -0.25) is 0 Å². The van der Waals surface area contributed by atoms with Gasteiger partial charge in [-0.25, -0.2) is 9.97 Å². The predicted molar refractivity (Wildman–Crippen MR) is 226 cm³/mol. The van der Waals surface area contributed by atoms with Gasteiger partial charge in [0.1, 0.15) is 11.2 Å². The molecule has 8 aromatic carbocycles. The Balaban J connectivity index is 1.08. The molecule has 0 radical (unpaired) electrons. The fraction of sp³-hybridized carbons (Fsp3) is 0.0385. The Kier molecular flexibility index (Phi) is 6.99. The van der Waals surface area contributed by atoms with Crippen LogP contribution in [0.1, 0.15) is 23.6 Å². The normalized spacial score (nSPS) is 14.7. The van der Waals surface area contributed by atoms with Crippen LogP contribution < -0.4 is 0 Å². The van der Waals surface area contributed by atoms with E-state index >= 15 is 0 Å². The molecule has 1 aliphatic carbocycles. The summed E-state index contributed by atoms with van der Waals surface area (Å²) in [7, 11) is 0. The number of fused-ring (bicyclic) bond motifs is 7. The third kappa shape index (κ3) is 5.04. The Hall–Kier alpha value is -7.10. The Morgan fingerprint density at radius 1 is 0.400 bits per heavy atom. The largest absolute Gasteiger partial charge is 0.456 e. The van der Waals surface area contributed by atoms with Crippen molar-refractivity contribution in [3.8, 4) is 56.2 Å². The van der Waals surface area contributed by atoms with Crippen LogP contribution in [0.15, 0.2) is 192 Å². The molecule has 0 saturated carbocycles. The average Bonchev–Trinajstić information content (AvgIpc) is 3.76. The van der Waals surface area contributed by atoms with Crippen LogP contribution in [0.3, 0.4) is 0 Å². The summed E-state index contributed by atoms with van der Waals surface area (Å²) in [6, 6.07) is 67.0. The molecule has 3 nitrogen and oxygen atoms in total. The Bertz CT molecular complexity index is 3120. The molecule has 55 heavy (non-hydrogen) atoms. The first-order valence-electron chi connectivity index (χ1n) is 18.8. The number of benzene rings is 8. The van der Waals surface area contributed by atoms with Crippen LogP contribution in [0.25, 0.3) is 88.9 Å². The van der Waals surface area contributed by atoms with Crippen LogP contribution >= 0.6 is 0 Å². The van der Waals surface area contributed by atoms with Gasteiger partial charge in [0.25, 0.3) is 0 Å². The minimum absolute atomic E-state index is 0.310. The van der Waals surface area contributed by atoms with E-state index in [2.05, 4.69) is 183 Å². The summed E-state index contributed by atoms with van der Waals surface area (Å²) in [6.07, 6.45) is 0. The molecule has 0 aliphatic heterocycles. The molecule has 0 saturated heterocycles. The van der Waals surface area contributed by atoms with Gasteiger partial charge in [-0.2, -0.15) is 0 Å². The van der Waals surface area contributed by atoms with Crippen molar-refractivity contribution in [1.29, 1.82) is 0 Å². The van der Waals surface area contributed by atoms with E-state index in [1.807, 2.05) is 12.1 Å². The first-order valence-corrected chi connectivity index (χ1v) is 18.8. The zero-order valence-electron chi connectivity index (χ0n) is 30.2. The fourth-order valence-corrected chi connectivity index (χ4v) is 8.70. The summed E-state index contributed by atoms with van der Waals surface area (Å²) < 4.78 is 6.26. The second-order valence-corrected chi connectivity index (χ2v) is 14.7. The van der Waals surface area contributed by atoms with E-state index in [0.29, 0.717) is 5.82 Å². The van der Waals surface area contributed by atoms with Crippen molar-refractivity contribution in [2.45, 2.75) is 12.3 Å². The zero-order valence-corrected chi connectivity index (χ0v) is 30.2. The predicted octanol–water partition coefficient (Wildman–Crippen LogP) is 13.5. The highest BCUT2D eigenvalue weighted by molar-refractivity contribution is 6.06.